The number of hydrogen-bond donors (Lipinski definition) is 2. The molecule has 1 unspecified atom stereocenters. The summed E-state index contributed by atoms with van der Waals surface area (Å²) in [7, 11) is 0. The summed E-state index contributed by atoms with van der Waals surface area (Å²) in [6, 6.07) is 6.25. The Morgan fingerprint density at radius 1 is 1.20 bits per heavy atom. The van der Waals surface area contributed by atoms with Gasteiger partial charge >= 0.3 is 0 Å². The smallest absolute Gasteiger partial charge is 0.243 e. The number of nitrogens with one attached hydrogen (secondary N) is 2. The van der Waals surface area contributed by atoms with Gasteiger partial charge in [-0.15, -0.1) is 0 Å². The summed E-state index contributed by atoms with van der Waals surface area (Å²) in [5.74, 6) is -0.582. The van der Waals surface area contributed by atoms with Gasteiger partial charge in [0.05, 0.1) is 6.54 Å². The van der Waals surface area contributed by atoms with Crippen LogP contribution in [0.15, 0.2) is 24.3 Å². The van der Waals surface area contributed by atoms with Crippen molar-refractivity contribution in [2.75, 3.05) is 18.4 Å². The number of nitrogens with zero attached hydrogens (tertiary/aromatic N) is 1. The third-order valence-electron chi connectivity index (χ3n) is 4.14. The standard InChI is InChI=1S/C18H24ClN3O3/c1-2-5-17(24)22-11-4-3-6-15(22)18(25)20-12-16(23)21-14-9-7-13(19)8-10-14/h7-10,15H,2-6,11-12H2,1H3,(H,20,25)(H,21,23). The average molecular weight is 366 g/mol. The van der Waals surface area contributed by atoms with E-state index in [1.165, 1.54) is 0 Å². The third-order valence-corrected chi connectivity index (χ3v) is 4.39. The van der Waals surface area contributed by atoms with Crippen LogP contribution in [-0.4, -0.2) is 41.8 Å². The second-order valence-electron chi connectivity index (χ2n) is 6.12. The van der Waals surface area contributed by atoms with Gasteiger partial charge in [0, 0.05) is 23.7 Å². The first kappa shape index (κ1) is 19.2. The van der Waals surface area contributed by atoms with Crippen molar-refractivity contribution in [3.63, 3.8) is 0 Å². The van der Waals surface area contributed by atoms with Crippen molar-refractivity contribution in [1.29, 1.82) is 0 Å². The molecule has 1 saturated heterocycles. The van der Waals surface area contributed by atoms with Gasteiger partial charge in [0.25, 0.3) is 0 Å². The van der Waals surface area contributed by atoms with Crippen molar-refractivity contribution in [1.82, 2.24) is 10.2 Å². The number of carbonyl (C=O) groups excluding carboxylic acids is 3. The van der Waals surface area contributed by atoms with Crippen molar-refractivity contribution >= 4 is 35.0 Å². The van der Waals surface area contributed by atoms with Crippen LogP contribution in [0.25, 0.3) is 0 Å². The summed E-state index contributed by atoms with van der Waals surface area (Å²) in [6.07, 6.45) is 3.66. The molecule has 0 spiro atoms. The van der Waals surface area contributed by atoms with Gasteiger partial charge in [-0.3, -0.25) is 14.4 Å². The van der Waals surface area contributed by atoms with Crippen LogP contribution in [-0.2, 0) is 14.4 Å². The SMILES string of the molecule is CCCC(=O)N1CCCCC1C(=O)NCC(=O)Nc1ccc(Cl)cc1. The lowest BCUT2D eigenvalue weighted by molar-refractivity contribution is -0.142. The predicted octanol–water partition coefficient (Wildman–Crippen LogP) is 2.58. The maximum absolute atomic E-state index is 12.4. The molecule has 0 saturated carbocycles. The number of piperidine rings is 1. The highest BCUT2D eigenvalue weighted by molar-refractivity contribution is 6.30. The van der Waals surface area contributed by atoms with Crippen LogP contribution < -0.4 is 10.6 Å². The second kappa shape index (κ2) is 9.42. The summed E-state index contributed by atoms with van der Waals surface area (Å²) in [6.45, 7) is 2.42. The van der Waals surface area contributed by atoms with Crippen molar-refractivity contribution in [2.24, 2.45) is 0 Å². The minimum absolute atomic E-state index is 0.00738. The zero-order valence-corrected chi connectivity index (χ0v) is 15.1. The van der Waals surface area contributed by atoms with E-state index in [1.54, 1.807) is 29.2 Å². The van der Waals surface area contributed by atoms with E-state index in [2.05, 4.69) is 10.6 Å². The molecule has 1 atom stereocenters. The lowest BCUT2D eigenvalue weighted by atomic mass is 10.0. The van der Waals surface area contributed by atoms with Gasteiger partial charge in [-0.2, -0.15) is 0 Å². The molecule has 1 fully saturated rings. The van der Waals surface area contributed by atoms with E-state index in [9.17, 15) is 14.4 Å². The molecule has 7 heteroatoms. The van der Waals surface area contributed by atoms with Crippen LogP contribution in [0.5, 0.6) is 0 Å². The first-order chi connectivity index (χ1) is 12.0. The van der Waals surface area contributed by atoms with E-state index in [-0.39, 0.29) is 24.3 Å². The molecular weight excluding hydrogens is 342 g/mol. The summed E-state index contributed by atoms with van der Waals surface area (Å²) < 4.78 is 0. The first-order valence-corrected chi connectivity index (χ1v) is 9.01. The number of anilines is 1. The third kappa shape index (κ3) is 5.74. The van der Waals surface area contributed by atoms with E-state index in [1.807, 2.05) is 6.92 Å². The molecule has 0 bridgehead atoms. The first-order valence-electron chi connectivity index (χ1n) is 8.64. The van der Waals surface area contributed by atoms with Gasteiger partial charge in [0.15, 0.2) is 0 Å². The highest BCUT2D eigenvalue weighted by atomic mass is 35.5. The van der Waals surface area contributed by atoms with Crippen molar-refractivity contribution in [3.8, 4) is 0 Å². The van der Waals surface area contributed by atoms with Gasteiger partial charge < -0.3 is 15.5 Å². The average Bonchev–Trinajstić information content (AvgIpc) is 2.62. The molecule has 136 valence electrons. The Morgan fingerprint density at radius 2 is 1.92 bits per heavy atom. The molecule has 0 aromatic heterocycles. The van der Waals surface area contributed by atoms with Crippen LogP contribution in [0.4, 0.5) is 5.69 Å². The van der Waals surface area contributed by atoms with Gasteiger partial charge in [-0.1, -0.05) is 18.5 Å². The van der Waals surface area contributed by atoms with Gasteiger partial charge in [-0.05, 0) is 49.9 Å². The van der Waals surface area contributed by atoms with Gasteiger partial charge in [0.1, 0.15) is 6.04 Å². The number of likely N-dealkylation sites (tertiary alicyclic amines) is 1. The Balaban J connectivity index is 1.86. The molecule has 0 aliphatic carbocycles. The zero-order valence-electron chi connectivity index (χ0n) is 14.4. The van der Waals surface area contributed by atoms with E-state index in [0.29, 0.717) is 30.1 Å². The maximum Gasteiger partial charge on any atom is 0.243 e. The van der Waals surface area contributed by atoms with Crippen LogP contribution in [0.3, 0.4) is 0 Å². The molecule has 1 aromatic carbocycles. The van der Waals surface area contributed by atoms with Crippen molar-refractivity contribution in [2.45, 2.75) is 45.1 Å². The molecule has 1 aromatic rings. The molecule has 1 aliphatic rings. The quantitative estimate of drug-likeness (QED) is 0.813. The van der Waals surface area contributed by atoms with E-state index >= 15 is 0 Å². The monoisotopic (exact) mass is 365 g/mol. The Bertz CT molecular complexity index is 618. The summed E-state index contributed by atoms with van der Waals surface area (Å²) in [5, 5.41) is 5.91. The van der Waals surface area contributed by atoms with E-state index in [4.69, 9.17) is 11.6 Å². The number of carbonyl (C=O) groups is 3. The lowest BCUT2D eigenvalue weighted by Gasteiger charge is -2.34. The molecule has 0 radical (unpaired) electrons. The van der Waals surface area contributed by atoms with Crippen molar-refractivity contribution < 1.29 is 14.4 Å². The number of benzene rings is 1. The molecule has 6 nitrogen and oxygen atoms in total. The normalized spacial score (nSPS) is 17.0. The minimum atomic E-state index is -0.476. The fraction of sp³-hybridized carbons (Fsp3) is 0.500. The Kier molecular flexibility index (Phi) is 7.25. The molecule has 2 N–H and O–H groups in total. The molecule has 1 aliphatic heterocycles. The Morgan fingerprint density at radius 3 is 2.60 bits per heavy atom. The lowest BCUT2D eigenvalue weighted by Crippen LogP contribution is -2.52. The highest BCUT2D eigenvalue weighted by Crippen LogP contribution is 2.18. The van der Waals surface area contributed by atoms with Crippen LogP contribution in [0, 0.1) is 0 Å². The minimum Gasteiger partial charge on any atom is -0.345 e. The van der Waals surface area contributed by atoms with Crippen LogP contribution in [0.1, 0.15) is 39.0 Å². The van der Waals surface area contributed by atoms with Crippen LogP contribution in [0.2, 0.25) is 5.02 Å². The van der Waals surface area contributed by atoms with Gasteiger partial charge in [0.2, 0.25) is 17.7 Å². The van der Waals surface area contributed by atoms with Crippen LogP contribution >= 0.6 is 11.6 Å². The van der Waals surface area contributed by atoms with Gasteiger partial charge in [-0.25, -0.2) is 0 Å². The molecule has 1 heterocycles. The number of hydrogen-bond acceptors (Lipinski definition) is 3. The Hall–Kier alpha value is -2.08. The highest BCUT2D eigenvalue weighted by Gasteiger charge is 2.31. The number of amides is 3. The van der Waals surface area contributed by atoms with E-state index in [0.717, 1.165) is 19.3 Å². The van der Waals surface area contributed by atoms with E-state index < -0.39 is 6.04 Å². The second-order valence-corrected chi connectivity index (χ2v) is 6.56. The largest absolute Gasteiger partial charge is 0.345 e. The molecule has 3 amide bonds. The number of rotatable bonds is 6. The predicted molar refractivity (Wildman–Crippen MR) is 97.4 cm³/mol. The maximum atomic E-state index is 12.4. The fourth-order valence-electron chi connectivity index (χ4n) is 2.88. The number of halogens is 1. The Labute approximate surface area is 152 Å². The topological polar surface area (TPSA) is 78.5 Å². The van der Waals surface area contributed by atoms with Crippen molar-refractivity contribution in [3.05, 3.63) is 29.3 Å². The fourth-order valence-corrected chi connectivity index (χ4v) is 3.01. The molecular formula is C18H24ClN3O3. The molecule has 25 heavy (non-hydrogen) atoms. The summed E-state index contributed by atoms with van der Waals surface area (Å²) in [4.78, 5) is 38.2. The molecule has 2 rings (SSSR count). The summed E-state index contributed by atoms with van der Waals surface area (Å²) >= 11 is 5.80. The summed E-state index contributed by atoms with van der Waals surface area (Å²) in [5.41, 5.74) is 0.612. The zero-order chi connectivity index (χ0) is 18.2.